The molecule has 3 aromatic rings. The van der Waals surface area contributed by atoms with Crippen molar-refractivity contribution in [3.05, 3.63) is 37.1 Å². The lowest BCUT2D eigenvalue weighted by molar-refractivity contribution is -0.123. The number of rotatable bonds is 3. The van der Waals surface area contributed by atoms with Gasteiger partial charge in [-0.25, -0.2) is 9.50 Å². The molecule has 1 saturated heterocycles. The van der Waals surface area contributed by atoms with Crippen LogP contribution in [0.15, 0.2) is 37.1 Å². The molecular weight excluding hydrogens is 328 g/mol. The monoisotopic (exact) mass is 346 g/mol. The van der Waals surface area contributed by atoms with Crippen molar-refractivity contribution < 1.29 is 4.79 Å². The van der Waals surface area contributed by atoms with Gasteiger partial charge in [-0.1, -0.05) is 0 Å². The number of anilines is 1. The van der Waals surface area contributed by atoms with Gasteiger partial charge in [-0.2, -0.15) is 10.4 Å². The lowest BCUT2D eigenvalue weighted by Gasteiger charge is -2.21. The predicted molar refractivity (Wildman–Crippen MR) is 95.1 cm³/mol. The number of amides is 1. The van der Waals surface area contributed by atoms with Gasteiger partial charge >= 0.3 is 0 Å². The Labute approximate surface area is 150 Å². The number of carbonyl (C=O) groups excluding carboxylic acids is 1. The normalized spacial score (nSPS) is 22.9. The molecule has 2 fully saturated rings. The maximum atomic E-state index is 13.1. The van der Waals surface area contributed by atoms with Crippen LogP contribution in [0.3, 0.4) is 0 Å². The Balaban J connectivity index is 1.60. The highest BCUT2D eigenvalue weighted by Crippen LogP contribution is 2.52. The van der Waals surface area contributed by atoms with E-state index in [1.165, 1.54) is 0 Å². The van der Waals surface area contributed by atoms with Gasteiger partial charge in [-0.15, -0.1) is 0 Å². The third kappa shape index (κ3) is 1.96. The molecule has 1 aliphatic carbocycles. The average molecular weight is 346 g/mol. The Bertz CT molecular complexity index is 1070. The van der Waals surface area contributed by atoms with Crippen LogP contribution < -0.4 is 4.90 Å². The van der Waals surface area contributed by atoms with Gasteiger partial charge in [0.2, 0.25) is 5.91 Å². The topological polar surface area (TPSA) is 79.2 Å². The molecule has 0 aromatic carbocycles. The highest BCUT2D eigenvalue weighted by Gasteiger charge is 2.56. The van der Waals surface area contributed by atoms with E-state index in [9.17, 15) is 10.1 Å². The van der Waals surface area contributed by atoms with Gasteiger partial charge in [0.15, 0.2) is 0 Å². The van der Waals surface area contributed by atoms with E-state index in [2.05, 4.69) is 16.2 Å². The van der Waals surface area contributed by atoms with Crippen molar-refractivity contribution in [1.29, 1.82) is 5.26 Å². The Morgan fingerprint density at radius 3 is 2.92 bits per heavy atom. The van der Waals surface area contributed by atoms with E-state index in [0.717, 1.165) is 35.3 Å². The van der Waals surface area contributed by atoms with Crippen LogP contribution in [-0.2, 0) is 11.8 Å². The smallest absolute Gasteiger partial charge is 0.247 e. The lowest BCUT2D eigenvalue weighted by Crippen LogP contribution is -2.35. The Hall–Kier alpha value is -3.14. The van der Waals surface area contributed by atoms with E-state index in [-0.39, 0.29) is 11.8 Å². The molecular formula is C19H18N6O. The fourth-order valence-electron chi connectivity index (χ4n) is 4.12. The van der Waals surface area contributed by atoms with E-state index in [1.807, 2.05) is 36.1 Å². The standard InChI is InChI=1S/C19H18N6O/c1-23-12-21-9-17(23)13-8-16-15(4-6-22-25(16)10-13)24-7-5-19(11-20,18(24)26)14-2-3-14/h4,6,8-10,12,14H,2-3,5,7H2,1H3/t19-/m1/s1. The van der Waals surface area contributed by atoms with E-state index >= 15 is 0 Å². The van der Waals surface area contributed by atoms with Crippen molar-refractivity contribution >= 4 is 17.1 Å². The number of aromatic nitrogens is 4. The Kier molecular flexibility index (Phi) is 3.02. The SMILES string of the molecule is Cn1cncc1-c1cc2c(N3CC[C@@](C#N)(C4CC4)C3=O)ccnn2c1. The third-order valence-electron chi connectivity index (χ3n) is 5.72. The van der Waals surface area contributed by atoms with Crippen LogP contribution in [0.4, 0.5) is 5.69 Å². The highest BCUT2D eigenvalue weighted by molar-refractivity contribution is 6.05. The molecule has 130 valence electrons. The van der Waals surface area contributed by atoms with Crippen molar-refractivity contribution in [2.45, 2.75) is 19.3 Å². The van der Waals surface area contributed by atoms with Crippen LogP contribution in [0.25, 0.3) is 16.8 Å². The summed E-state index contributed by atoms with van der Waals surface area (Å²) >= 11 is 0. The second-order valence-corrected chi connectivity index (χ2v) is 7.23. The van der Waals surface area contributed by atoms with E-state index < -0.39 is 5.41 Å². The number of nitriles is 1. The quantitative estimate of drug-likeness (QED) is 0.729. The largest absolute Gasteiger partial charge is 0.334 e. The summed E-state index contributed by atoms with van der Waals surface area (Å²) in [7, 11) is 1.94. The van der Waals surface area contributed by atoms with Crippen LogP contribution in [-0.4, -0.2) is 31.6 Å². The van der Waals surface area contributed by atoms with Crippen LogP contribution in [0, 0.1) is 22.7 Å². The highest BCUT2D eigenvalue weighted by atomic mass is 16.2. The van der Waals surface area contributed by atoms with Crippen molar-refractivity contribution in [2.75, 3.05) is 11.4 Å². The summed E-state index contributed by atoms with van der Waals surface area (Å²) in [4.78, 5) is 19.1. The van der Waals surface area contributed by atoms with Gasteiger partial charge in [-0.3, -0.25) is 4.79 Å². The average Bonchev–Trinajstić information content (AvgIpc) is 3.12. The fraction of sp³-hybridized carbons (Fsp3) is 0.368. The number of imidazole rings is 1. The molecule has 1 amide bonds. The first kappa shape index (κ1) is 15.1. The van der Waals surface area contributed by atoms with E-state index in [0.29, 0.717) is 13.0 Å². The zero-order valence-electron chi connectivity index (χ0n) is 14.5. The molecule has 7 nitrogen and oxygen atoms in total. The zero-order valence-corrected chi connectivity index (χ0v) is 14.5. The Morgan fingerprint density at radius 1 is 1.38 bits per heavy atom. The van der Waals surface area contributed by atoms with Crippen molar-refractivity contribution in [3.63, 3.8) is 0 Å². The summed E-state index contributed by atoms with van der Waals surface area (Å²) in [5.41, 5.74) is 2.82. The van der Waals surface area contributed by atoms with Gasteiger partial charge in [0.25, 0.3) is 0 Å². The Morgan fingerprint density at radius 2 is 2.23 bits per heavy atom. The second kappa shape index (κ2) is 5.18. The van der Waals surface area contributed by atoms with Crippen molar-refractivity contribution in [2.24, 2.45) is 18.4 Å². The minimum absolute atomic E-state index is 0.0566. The number of hydrogen-bond donors (Lipinski definition) is 0. The molecule has 1 atom stereocenters. The molecule has 5 rings (SSSR count). The number of nitrogens with zero attached hydrogens (tertiary/aromatic N) is 6. The molecule has 1 saturated carbocycles. The summed E-state index contributed by atoms with van der Waals surface area (Å²) in [5, 5.41) is 14.1. The predicted octanol–water partition coefficient (Wildman–Crippen LogP) is 2.39. The molecule has 4 heterocycles. The van der Waals surface area contributed by atoms with Crippen LogP contribution in [0.5, 0.6) is 0 Å². The summed E-state index contributed by atoms with van der Waals surface area (Å²) in [6, 6.07) is 6.23. The van der Waals surface area contributed by atoms with E-state index in [1.54, 1.807) is 21.9 Å². The number of aryl methyl sites for hydroxylation is 1. The first-order valence-corrected chi connectivity index (χ1v) is 8.81. The maximum absolute atomic E-state index is 13.1. The summed E-state index contributed by atoms with van der Waals surface area (Å²) < 4.78 is 3.73. The summed E-state index contributed by atoms with van der Waals surface area (Å²) in [5.74, 6) is 0.165. The lowest BCUT2D eigenvalue weighted by atomic mass is 9.83. The molecule has 0 spiro atoms. The number of carbonyl (C=O) groups is 1. The van der Waals surface area contributed by atoms with Crippen molar-refractivity contribution in [1.82, 2.24) is 19.2 Å². The van der Waals surface area contributed by atoms with Crippen LogP contribution in [0.2, 0.25) is 0 Å². The third-order valence-corrected chi connectivity index (χ3v) is 5.72. The molecule has 1 aliphatic heterocycles. The summed E-state index contributed by atoms with van der Waals surface area (Å²) in [6.45, 7) is 0.578. The van der Waals surface area contributed by atoms with Crippen molar-refractivity contribution in [3.8, 4) is 17.3 Å². The number of fused-ring (bicyclic) bond motifs is 1. The molecule has 0 unspecified atom stereocenters. The fourth-order valence-corrected chi connectivity index (χ4v) is 4.12. The molecule has 0 bridgehead atoms. The van der Waals surface area contributed by atoms with Crippen LogP contribution >= 0.6 is 0 Å². The molecule has 0 radical (unpaired) electrons. The van der Waals surface area contributed by atoms with Gasteiger partial charge in [-0.05, 0) is 37.3 Å². The van der Waals surface area contributed by atoms with E-state index in [4.69, 9.17) is 0 Å². The minimum Gasteiger partial charge on any atom is -0.334 e. The molecule has 7 heteroatoms. The van der Waals surface area contributed by atoms with Gasteiger partial charge in [0.1, 0.15) is 5.41 Å². The summed E-state index contributed by atoms with van der Waals surface area (Å²) in [6.07, 6.45) is 9.78. The molecule has 2 aliphatic rings. The first-order chi connectivity index (χ1) is 12.6. The first-order valence-electron chi connectivity index (χ1n) is 8.81. The molecule has 0 N–H and O–H groups in total. The second-order valence-electron chi connectivity index (χ2n) is 7.23. The minimum atomic E-state index is -0.836. The number of hydrogen-bond acceptors (Lipinski definition) is 4. The molecule has 3 aromatic heterocycles. The van der Waals surface area contributed by atoms with Gasteiger partial charge in [0, 0.05) is 31.5 Å². The molecule has 26 heavy (non-hydrogen) atoms. The van der Waals surface area contributed by atoms with Gasteiger partial charge in [0.05, 0.1) is 35.5 Å². The van der Waals surface area contributed by atoms with Crippen LogP contribution in [0.1, 0.15) is 19.3 Å². The zero-order chi connectivity index (χ0) is 17.9. The van der Waals surface area contributed by atoms with Gasteiger partial charge < -0.3 is 9.47 Å². The maximum Gasteiger partial charge on any atom is 0.247 e.